The van der Waals surface area contributed by atoms with Crippen LogP contribution in [0, 0.1) is 5.41 Å². The monoisotopic (exact) mass is 214 g/mol. The van der Waals surface area contributed by atoms with E-state index in [0.717, 1.165) is 13.0 Å². The summed E-state index contributed by atoms with van der Waals surface area (Å²) < 4.78 is 5.30. The number of hydrogen-bond donors (Lipinski definition) is 1. The van der Waals surface area contributed by atoms with Gasteiger partial charge in [0, 0.05) is 12.8 Å². The normalized spacial score (nSPS) is 18.1. The van der Waals surface area contributed by atoms with E-state index in [1.54, 1.807) is 4.90 Å². The van der Waals surface area contributed by atoms with Crippen LogP contribution in [-0.4, -0.2) is 32.2 Å². The Hall–Kier alpha value is -0.570. The molecular weight excluding hydrogens is 190 g/mol. The summed E-state index contributed by atoms with van der Waals surface area (Å²) in [5, 5.41) is 0. The van der Waals surface area contributed by atoms with Crippen LogP contribution in [0.2, 0.25) is 0 Å². The Balaban J connectivity index is 2.16. The first-order valence-corrected chi connectivity index (χ1v) is 6.07. The van der Waals surface area contributed by atoms with Crippen LogP contribution in [-0.2, 0) is 9.53 Å². The van der Waals surface area contributed by atoms with Gasteiger partial charge in [-0.15, -0.1) is 0 Å². The van der Waals surface area contributed by atoms with Crippen LogP contribution < -0.4 is 4.90 Å². The molecule has 1 heterocycles. The molecule has 3 heteroatoms. The van der Waals surface area contributed by atoms with E-state index in [2.05, 4.69) is 0 Å². The molecule has 0 amide bonds. The van der Waals surface area contributed by atoms with Crippen molar-refractivity contribution in [1.82, 2.24) is 0 Å². The molecule has 0 spiro atoms. The largest absolute Gasteiger partial charge is 0.459 e. The van der Waals surface area contributed by atoms with Crippen molar-refractivity contribution in [3.63, 3.8) is 0 Å². The molecule has 1 fully saturated rings. The van der Waals surface area contributed by atoms with E-state index in [9.17, 15) is 4.79 Å². The predicted molar refractivity (Wildman–Crippen MR) is 59.8 cm³/mol. The molecule has 1 rings (SSSR count). The van der Waals surface area contributed by atoms with Crippen LogP contribution in [0.4, 0.5) is 0 Å². The molecule has 0 aromatic heterocycles. The third-order valence-corrected chi connectivity index (χ3v) is 3.44. The highest BCUT2D eigenvalue weighted by Gasteiger charge is 2.27. The number of likely N-dealkylation sites (tertiary alicyclic amines) is 1. The summed E-state index contributed by atoms with van der Waals surface area (Å²) in [5.41, 5.74) is -0.319. The van der Waals surface area contributed by atoms with Crippen molar-refractivity contribution in [2.24, 2.45) is 5.41 Å². The molecule has 0 unspecified atom stereocenters. The van der Waals surface area contributed by atoms with Crippen LogP contribution >= 0.6 is 0 Å². The lowest BCUT2D eigenvalue weighted by Gasteiger charge is -2.21. The van der Waals surface area contributed by atoms with Gasteiger partial charge in [0.25, 0.3) is 0 Å². The maximum Gasteiger partial charge on any atom is 0.311 e. The molecule has 1 saturated heterocycles. The summed E-state index contributed by atoms with van der Waals surface area (Å²) in [6.45, 7) is 9.95. The molecular formula is C12H24NO2+. The number of carbonyl (C=O) groups is 1. The molecule has 1 N–H and O–H groups in total. The van der Waals surface area contributed by atoms with Gasteiger partial charge in [-0.05, 0) is 20.3 Å². The summed E-state index contributed by atoms with van der Waals surface area (Å²) in [6, 6.07) is 0. The Morgan fingerprint density at radius 3 is 2.47 bits per heavy atom. The first kappa shape index (κ1) is 12.5. The maximum absolute atomic E-state index is 11.6. The summed E-state index contributed by atoms with van der Waals surface area (Å²) in [7, 11) is 0. The standard InChI is InChI=1S/C12H23NO2/c1-4-12(2,3)11(14)15-10-9-13-7-5-6-8-13/h4-10H2,1-3H3/p+1. The Morgan fingerprint density at radius 1 is 1.33 bits per heavy atom. The summed E-state index contributed by atoms with van der Waals surface area (Å²) in [4.78, 5) is 13.2. The number of quaternary nitrogens is 1. The fourth-order valence-corrected chi connectivity index (χ4v) is 1.75. The zero-order chi connectivity index (χ0) is 11.3. The van der Waals surface area contributed by atoms with Gasteiger partial charge in [0.1, 0.15) is 13.2 Å². The first-order chi connectivity index (χ1) is 7.06. The van der Waals surface area contributed by atoms with E-state index in [1.165, 1.54) is 25.9 Å². The zero-order valence-corrected chi connectivity index (χ0v) is 10.3. The maximum atomic E-state index is 11.6. The highest BCUT2D eigenvalue weighted by molar-refractivity contribution is 5.75. The minimum absolute atomic E-state index is 0.0522. The van der Waals surface area contributed by atoms with Crippen molar-refractivity contribution < 1.29 is 14.4 Å². The minimum Gasteiger partial charge on any atom is -0.459 e. The number of hydrogen-bond acceptors (Lipinski definition) is 2. The molecule has 0 bridgehead atoms. The SMILES string of the molecule is CCC(C)(C)C(=O)OCC[NH+]1CCCC1. The van der Waals surface area contributed by atoms with Gasteiger partial charge in [-0.1, -0.05) is 6.92 Å². The van der Waals surface area contributed by atoms with Crippen LogP contribution in [0.25, 0.3) is 0 Å². The third kappa shape index (κ3) is 3.82. The topological polar surface area (TPSA) is 30.7 Å². The Labute approximate surface area is 92.8 Å². The van der Waals surface area contributed by atoms with Gasteiger partial charge in [-0.2, -0.15) is 0 Å². The van der Waals surface area contributed by atoms with E-state index in [4.69, 9.17) is 4.74 Å². The molecule has 0 atom stereocenters. The average Bonchev–Trinajstić information content (AvgIpc) is 2.70. The molecule has 0 saturated carbocycles. The van der Waals surface area contributed by atoms with E-state index in [-0.39, 0.29) is 11.4 Å². The predicted octanol–water partition coefficient (Wildman–Crippen LogP) is 0.644. The van der Waals surface area contributed by atoms with E-state index in [0.29, 0.717) is 6.61 Å². The summed E-state index contributed by atoms with van der Waals surface area (Å²) >= 11 is 0. The Morgan fingerprint density at radius 2 is 1.93 bits per heavy atom. The Bertz CT molecular complexity index is 208. The van der Waals surface area contributed by atoms with Crippen molar-refractivity contribution in [1.29, 1.82) is 0 Å². The molecule has 3 nitrogen and oxygen atoms in total. The van der Waals surface area contributed by atoms with Gasteiger partial charge in [-0.25, -0.2) is 0 Å². The molecule has 0 aromatic carbocycles. The smallest absolute Gasteiger partial charge is 0.311 e. The van der Waals surface area contributed by atoms with Gasteiger partial charge in [0.05, 0.1) is 18.5 Å². The van der Waals surface area contributed by atoms with Gasteiger partial charge in [0.2, 0.25) is 0 Å². The van der Waals surface area contributed by atoms with Gasteiger partial charge in [-0.3, -0.25) is 4.79 Å². The van der Waals surface area contributed by atoms with E-state index < -0.39 is 0 Å². The van der Waals surface area contributed by atoms with Crippen LogP contribution in [0.3, 0.4) is 0 Å². The average molecular weight is 214 g/mol. The zero-order valence-electron chi connectivity index (χ0n) is 10.3. The fourth-order valence-electron chi connectivity index (χ4n) is 1.75. The second-order valence-corrected chi connectivity index (χ2v) is 5.08. The first-order valence-electron chi connectivity index (χ1n) is 6.07. The van der Waals surface area contributed by atoms with Gasteiger partial charge >= 0.3 is 5.97 Å². The quantitative estimate of drug-likeness (QED) is 0.681. The fraction of sp³-hybridized carbons (Fsp3) is 0.917. The molecule has 15 heavy (non-hydrogen) atoms. The number of rotatable bonds is 5. The number of esters is 1. The highest BCUT2D eigenvalue weighted by atomic mass is 16.5. The van der Waals surface area contributed by atoms with E-state index >= 15 is 0 Å². The van der Waals surface area contributed by atoms with Crippen LogP contribution in [0.15, 0.2) is 0 Å². The molecule has 1 aliphatic rings. The van der Waals surface area contributed by atoms with Crippen molar-refractivity contribution >= 4 is 5.97 Å². The van der Waals surface area contributed by atoms with Crippen molar-refractivity contribution in [2.75, 3.05) is 26.2 Å². The summed E-state index contributed by atoms with van der Waals surface area (Å²) in [6.07, 6.45) is 3.48. The van der Waals surface area contributed by atoms with Gasteiger partial charge in [0.15, 0.2) is 0 Å². The number of ether oxygens (including phenoxy) is 1. The molecule has 1 aliphatic heterocycles. The second-order valence-electron chi connectivity index (χ2n) is 5.08. The van der Waals surface area contributed by atoms with Crippen molar-refractivity contribution in [2.45, 2.75) is 40.0 Å². The van der Waals surface area contributed by atoms with Crippen LogP contribution in [0.1, 0.15) is 40.0 Å². The van der Waals surface area contributed by atoms with Crippen molar-refractivity contribution in [3.8, 4) is 0 Å². The molecule has 0 aromatic rings. The number of carbonyl (C=O) groups excluding carboxylic acids is 1. The van der Waals surface area contributed by atoms with Crippen molar-refractivity contribution in [3.05, 3.63) is 0 Å². The molecule has 0 aliphatic carbocycles. The van der Waals surface area contributed by atoms with Gasteiger partial charge < -0.3 is 9.64 Å². The third-order valence-electron chi connectivity index (χ3n) is 3.44. The lowest BCUT2D eigenvalue weighted by molar-refractivity contribution is -0.887. The van der Waals surface area contributed by atoms with E-state index in [1.807, 2.05) is 20.8 Å². The minimum atomic E-state index is -0.319. The number of nitrogens with one attached hydrogen (secondary N) is 1. The lowest BCUT2D eigenvalue weighted by Crippen LogP contribution is -3.10. The lowest BCUT2D eigenvalue weighted by atomic mass is 9.91. The highest BCUT2D eigenvalue weighted by Crippen LogP contribution is 2.20. The van der Waals surface area contributed by atoms with Crippen LogP contribution in [0.5, 0.6) is 0 Å². The Kier molecular flexibility index (Phi) is 4.58. The second kappa shape index (κ2) is 5.50. The molecule has 0 radical (unpaired) electrons. The summed E-state index contributed by atoms with van der Waals surface area (Å²) in [5.74, 6) is -0.0522. The molecule has 88 valence electrons.